The zero-order chi connectivity index (χ0) is 25.2. The summed E-state index contributed by atoms with van der Waals surface area (Å²) >= 11 is 0. The molecule has 9 heteroatoms. The molecule has 7 nitrogen and oxygen atoms in total. The molecule has 0 spiro atoms. The number of fused-ring (bicyclic) bond motifs is 1. The summed E-state index contributed by atoms with van der Waals surface area (Å²) in [6.07, 6.45) is 5.70. The molecule has 1 aliphatic heterocycles. The molecule has 0 amide bonds. The van der Waals surface area contributed by atoms with E-state index in [2.05, 4.69) is 14.6 Å². The number of ether oxygens (including phenoxy) is 2. The summed E-state index contributed by atoms with van der Waals surface area (Å²) in [5.74, 6) is 1.55. The predicted octanol–water partition coefficient (Wildman–Crippen LogP) is 4.08. The van der Waals surface area contributed by atoms with Crippen LogP contribution >= 0.6 is 0 Å². The highest BCUT2D eigenvalue weighted by Crippen LogP contribution is 2.41. The fourth-order valence-electron chi connectivity index (χ4n) is 5.35. The molecular weight excluding hydrogens is 468 g/mol. The first kappa shape index (κ1) is 24.4. The van der Waals surface area contributed by atoms with Crippen LogP contribution in [0.4, 0.5) is 14.6 Å². The van der Waals surface area contributed by atoms with Gasteiger partial charge in [-0.2, -0.15) is 8.78 Å². The maximum absolute atomic E-state index is 13.1. The number of alkyl halides is 2. The molecule has 0 radical (unpaired) electrons. The maximum Gasteiger partial charge on any atom is 0.387 e. The van der Waals surface area contributed by atoms with E-state index in [0.717, 1.165) is 50.9 Å². The number of carbonyl (C=O) groups excluding carboxylic acids is 2. The summed E-state index contributed by atoms with van der Waals surface area (Å²) in [7, 11) is 0. The van der Waals surface area contributed by atoms with E-state index >= 15 is 0 Å². The first-order chi connectivity index (χ1) is 17.4. The van der Waals surface area contributed by atoms with Crippen molar-refractivity contribution < 1.29 is 27.8 Å². The van der Waals surface area contributed by atoms with Crippen molar-refractivity contribution in [2.24, 2.45) is 23.5 Å². The molecule has 2 saturated carbocycles. The molecule has 3 atom stereocenters. The number of Topliss-reactive ketones (excluding diaryl/α,β-unsaturated/α-hetero) is 1. The monoisotopic (exact) mass is 497 g/mol. The molecule has 3 aliphatic rings. The Morgan fingerprint density at radius 3 is 2.47 bits per heavy atom. The third kappa shape index (κ3) is 5.26. The van der Waals surface area contributed by atoms with Crippen LogP contribution in [-0.4, -0.2) is 49.5 Å². The Labute approximate surface area is 208 Å². The highest BCUT2D eigenvalue weighted by Gasteiger charge is 2.42. The molecule has 3 fully saturated rings. The fourth-order valence-corrected chi connectivity index (χ4v) is 5.35. The van der Waals surface area contributed by atoms with Gasteiger partial charge in [-0.3, -0.25) is 9.59 Å². The number of nitrogens with zero attached hydrogens (tertiary/aromatic N) is 2. The molecule has 2 N–H and O–H groups in total. The van der Waals surface area contributed by atoms with Crippen molar-refractivity contribution in [1.82, 2.24) is 4.98 Å². The van der Waals surface area contributed by atoms with Crippen LogP contribution in [0.2, 0.25) is 0 Å². The summed E-state index contributed by atoms with van der Waals surface area (Å²) in [4.78, 5) is 30.6. The lowest BCUT2D eigenvalue weighted by Gasteiger charge is -2.21. The van der Waals surface area contributed by atoms with Crippen LogP contribution in [0.25, 0.3) is 5.70 Å². The predicted molar refractivity (Wildman–Crippen MR) is 130 cm³/mol. The zero-order valence-electron chi connectivity index (χ0n) is 19.8. The lowest BCUT2D eigenvalue weighted by molar-refractivity contribution is -0.117. The van der Waals surface area contributed by atoms with Gasteiger partial charge < -0.3 is 20.1 Å². The number of benzene rings is 1. The number of ketones is 1. The van der Waals surface area contributed by atoms with Gasteiger partial charge in [-0.1, -0.05) is 12.1 Å². The Morgan fingerprint density at radius 2 is 1.86 bits per heavy atom. The van der Waals surface area contributed by atoms with Gasteiger partial charge in [-0.25, -0.2) is 4.98 Å². The molecule has 190 valence electrons. The van der Waals surface area contributed by atoms with Gasteiger partial charge in [0.25, 0.3) is 0 Å². The van der Waals surface area contributed by atoms with Gasteiger partial charge in [-0.15, -0.1) is 0 Å². The van der Waals surface area contributed by atoms with Crippen molar-refractivity contribution in [1.29, 1.82) is 0 Å². The minimum absolute atomic E-state index is 0.00471. The lowest BCUT2D eigenvalue weighted by Crippen LogP contribution is -2.25. The molecular formula is C27H29F2N3O4. The van der Waals surface area contributed by atoms with E-state index in [9.17, 15) is 18.4 Å². The highest BCUT2D eigenvalue weighted by atomic mass is 19.3. The molecule has 1 saturated heterocycles. The number of carbonyl (C=O) groups is 2. The molecule has 1 aromatic heterocycles. The van der Waals surface area contributed by atoms with Gasteiger partial charge in [0.2, 0.25) is 0 Å². The van der Waals surface area contributed by atoms with Gasteiger partial charge in [-0.05, 0) is 61.8 Å². The number of halogens is 2. The first-order valence-corrected chi connectivity index (χ1v) is 12.3. The van der Waals surface area contributed by atoms with Gasteiger partial charge in [0.1, 0.15) is 11.6 Å². The molecule has 36 heavy (non-hydrogen) atoms. The molecule has 0 bridgehead atoms. The van der Waals surface area contributed by atoms with E-state index < -0.39 is 6.61 Å². The Bertz CT molecular complexity index is 1140. The van der Waals surface area contributed by atoms with E-state index in [0.29, 0.717) is 23.0 Å². The number of aromatic nitrogens is 1. The van der Waals surface area contributed by atoms with Gasteiger partial charge in [0, 0.05) is 41.9 Å². The van der Waals surface area contributed by atoms with Crippen molar-refractivity contribution in [3.63, 3.8) is 0 Å². The molecule has 2 aliphatic carbocycles. The third-order valence-electron chi connectivity index (χ3n) is 7.37. The summed E-state index contributed by atoms with van der Waals surface area (Å²) < 4.78 is 36.7. The number of pyridine rings is 1. The minimum atomic E-state index is -2.99. The summed E-state index contributed by atoms with van der Waals surface area (Å²) in [6, 6.07) is 9.90. The first-order valence-electron chi connectivity index (χ1n) is 12.3. The second-order valence-corrected chi connectivity index (χ2v) is 9.80. The topological polar surface area (TPSA) is 94.8 Å². The van der Waals surface area contributed by atoms with Crippen molar-refractivity contribution in [3.8, 4) is 5.75 Å². The maximum atomic E-state index is 13.1. The number of nitrogens with two attached hydrogens (primary N) is 1. The summed E-state index contributed by atoms with van der Waals surface area (Å²) in [5, 5.41) is 0. The number of para-hydroxylation sites is 1. The van der Waals surface area contributed by atoms with Crippen LogP contribution in [0.5, 0.6) is 5.75 Å². The highest BCUT2D eigenvalue weighted by molar-refractivity contribution is 6.05. The summed E-state index contributed by atoms with van der Waals surface area (Å²) in [6.45, 7) is -1.22. The minimum Gasteiger partial charge on any atom is -0.434 e. The quantitative estimate of drug-likeness (QED) is 0.391. The Morgan fingerprint density at radius 1 is 1.14 bits per heavy atom. The van der Waals surface area contributed by atoms with E-state index in [1.165, 1.54) is 6.07 Å². The van der Waals surface area contributed by atoms with Crippen molar-refractivity contribution in [3.05, 3.63) is 59.3 Å². The average molecular weight is 498 g/mol. The average Bonchev–Trinajstić information content (AvgIpc) is 3.55. The lowest BCUT2D eigenvalue weighted by atomic mass is 10.0. The molecule has 2 aromatic rings. The van der Waals surface area contributed by atoms with Crippen LogP contribution in [0.1, 0.15) is 41.6 Å². The zero-order valence-corrected chi connectivity index (χ0v) is 19.8. The van der Waals surface area contributed by atoms with Gasteiger partial charge >= 0.3 is 6.61 Å². The smallest absolute Gasteiger partial charge is 0.387 e. The number of hydrogen-bond acceptors (Lipinski definition) is 7. The normalized spacial score (nSPS) is 24.0. The fraction of sp³-hybridized carbons (Fsp3) is 0.444. The number of aldehydes is 1. The molecule has 5 rings (SSSR count). The van der Waals surface area contributed by atoms with Crippen molar-refractivity contribution in [2.75, 3.05) is 24.6 Å². The van der Waals surface area contributed by atoms with Gasteiger partial charge in [0.15, 0.2) is 12.1 Å². The van der Waals surface area contributed by atoms with Gasteiger partial charge in [0.05, 0.1) is 18.4 Å². The standard InChI is InChI=1S/C27H29F2N3O4/c28-27(29)36-23-4-2-1-3-21(23)25(30)22(26(34)17-6-7-17)15-35-20-9-18-12-32(13-19(18)10-20)24-8-5-16(14-33)11-31-24/h1-5,8,11,14,17-20,27H,6-7,9-10,12-13,15,30H2/t18-,19?,20?/m0/s1. The van der Waals surface area contributed by atoms with E-state index in [1.54, 1.807) is 30.5 Å². The molecule has 2 heterocycles. The van der Waals surface area contributed by atoms with Crippen LogP contribution in [-0.2, 0) is 9.53 Å². The molecule has 1 aromatic carbocycles. The number of hydrogen-bond donors (Lipinski definition) is 1. The summed E-state index contributed by atoms with van der Waals surface area (Å²) in [5.41, 5.74) is 7.68. The Hall–Kier alpha value is -3.33. The molecule has 2 unspecified atom stereocenters. The van der Waals surface area contributed by atoms with E-state index in [-0.39, 0.29) is 41.4 Å². The van der Waals surface area contributed by atoms with Crippen molar-refractivity contribution in [2.45, 2.75) is 38.4 Å². The van der Waals surface area contributed by atoms with Crippen LogP contribution < -0.4 is 15.4 Å². The van der Waals surface area contributed by atoms with Crippen LogP contribution in [0, 0.1) is 17.8 Å². The number of rotatable bonds is 10. The van der Waals surface area contributed by atoms with Crippen LogP contribution in [0.3, 0.4) is 0 Å². The largest absolute Gasteiger partial charge is 0.434 e. The van der Waals surface area contributed by atoms with E-state index in [4.69, 9.17) is 10.5 Å². The number of anilines is 1. The second kappa shape index (κ2) is 10.3. The Balaban J connectivity index is 1.25. The second-order valence-electron chi connectivity index (χ2n) is 9.80. The van der Waals surface area contributed by atoms with Crippen LogP contribution in [0.15, 0.2) is 48.2 Å². The third-order valence-corrected chi connectivity index (χ3v) is 7.37. The SMILES string of the molecule is NC(=C(COC1CC2CN(c3ccc(C=O)cn3)C[C@@H]2C1)C(=O)C1CC1)c1ccccc1OC(F)F. The Kier molecular flexibility index (Phi) is 7.00. The van der Waals surface area contributed by atoms with Crippen molar-refractivity contribution >= 4 is 23.6 Å². The van der Waals surface area contributed by atoms with E-state index in [1.807, 2.05) is 6.07 Å².